The summed E-state index contributed by atoms with van der Waals surface area (Å²) < 4.78 is 0. The van der Waals surface area contributed by atoms with E-state index in [1.165, 1.54) is 18.2 Å². The minimum Gasteiger partial charge on any atom is -0.379 e. The summed E-state index contributed by atoms with van der Waals surface area (Å²) in [6, 6.07) is 6.19. The van der Waals surface area contributed by atoms with Gasteiger partial charge in [-0.1, -0.05) is 0 Å². The second kappa shape index (κ2) is 6.14. The first-order valence-electron chi connectivity index (χ1n) is 5.05. The summed E-state index contributed by atoms with van der Waals surface area (Å²) in [6.07, 6.45) is 6.47. The first kappa shape index (κ1) is 12.5. The molecule has 1 aromatic rings. The summed E-state index contributed by atoms with van der Waals surface area (Å²) in [7, 11) is 0. The van der Waals surface area contributed by atoms with Gasteiger partial charge in [-0.3, -0.25) is 10.1 Å². The van der Waals surface area contributed by atoms with Crippen LogP contribution in [0.5, 0.6) is 0 Å². The highest BCUT2D eigenvalue weighted by molar-refractivity contribution is 5.63. The lowest BCUT2D eigenvalue weighted by atomic mass is 10.2. The fourth-order valence-electron chi connectivity index (χ4n) is 1.32. The summed E-state index contributed by atoms with van der Waals surface area (Å²) in [6.45, 7) is 0.566. The number of anilines is 1. The Morgan fingerprint density at radius 1 is 1.53 bits per heavy atom. The minimum absolute atomic E-state index is 0.0928. The fourth-order valence-corrected chi connectivity index (χ4v) is 1.32. The molecule has 0 heterocycles. The van der Waals surface area contributed by atoms with Crippen LogP contribution in [-0.4, -0.2) is 11.5 Å². The van der Waals surface area contributed by atoms with Gasteiger partial charge < -0.3 is 5.32 Å². The molecule has 5 heteroatoms. The van der Waals surface area contributed by atoms with Gasteiger partial charge in [-0.15, -0.1) is 12.3 Å². The van der Waals surface area contributed by atoms with Crippen LogP contribution in [0.15, 0.2) is 18.2 Å². The Morgan fingerprint density at radius 2 is 2.29 bits per heavy atom. The molecule has 0 aliphatic carbocycles. The molecule has 0 amide bonds. The molecule has 0 radical (unpaired) electrons. The lowest BCUT2D eigenvalue weighted by Gasteiger charge is -2.05. The summed E-state index contributed by atoms with van der Waals surface area (Å²) in [4.78, 5) is 10.3. The highest BCUT2D eigenvalue weighted by Gasteiger charge is 2.13. The van der Waals surface area contributed by atoms with Gasteiger partial charge in [-0.05, 0) is 18.6 Å². The number of rotatable bonds is 5. The standard InChI is InChI=1S/C12H11N3O2/c1-2-3-4-7-14-11-6-5-10(9-13)8-12(11)15(16)17/h1,5-6,8,14H,3-4,7H2. The van der Waals surface area contributed by atoms with E-state index in [4.69, 9.17) is 11.7 Å². The Balaban J connectivity index is 2.81. The smallest absolute Gasteiger partial charge is 0.293 e. The van der Waals surface area contributed by atoms with E-state index in [-0.39, 0.29) is 11.3 Å². The van der Waals surface area contributed by atoms with E-state index in [0.717, 1.165) is 6.42 Å². The zero-order chi connectivity index (χ0) is 12.7. The van der Waals surface area contributed by atoms with Crippen LogP contribution < -0.4 is 5.32 Å². The van der Waals surface area contributed by atoms with Crippen molar-refractivity contribution >= 4 is 11.4 Å². The molecule has 0 aliphatic rings. The first-order chi connectivity index (χ1) is 8.19. The van der Waals surface area contributed by atoms with Crippen LogP contribution >= 0.6 is 0 Å². The molecule has 0 saturated carbocycles. The summed E-state index contributed by atoms with van der Waals surface area (Å²) in [5, 5.41) is 22.4. The van der Waals surface area contributed by atoms with Crippen molar-refractivity contribution in [1.82, 2.24) is 0 Å². The monoisotopic (exact) mass is 229 g/mol. The van der Waals surface area contributed by atoms with Crippen LogP contribution in [0.4, 0.5) is 11.4 Å². The van der Waals surface area contributed by atoms with Gasteiger partial charge in [0.05, 0.1) is 16.6 Å². The van der Waals surface area contributed by atoms with Crippen molar-refractivity contribution in [2.24, 2.45) is 0 Å². The number of hydrogen-bond acceptors (Lipinski definition) is 4. The average Bonchev–Trinajstić information content (AvgIpc) is 2.34. The quantitative estimate of drug-likeness (QED) is 0.363. The number of nitrogens with zero attached hydrogens (tertiary/aromatic N) is 2. The number of terminal acetylenes is 1. The van der Waals surface area contributed by atoms with Crippen LogP contribution in [0.2, 0.25) is 0 Å². The lowest BCUT2D eigenvalue weighted by molar-refractivity contribution is -0.384. The number of nitriles is 1. The molecule has 86 valence electrons. The molecule has 17 heavy (non-hydrogen) atoms. The molecule has 0 spiro atoms. The molecule has 0 saturated heterocycles. The topological polar surface area (TPSA) is 79.0 Å². The molecule has 1 aromatic carbocycles. The van der Waals surface area contributed by atoms with Gasteiger partial charge in [-0.25, -0.2) is 0 Å². The van der Waals surface area contributed by atoms with Gasteiger partial charge in [0.15, 0.2) is 0 Å². The second-order valence-corrected chi connectivity index (χ2v) is 3.34. The number of hydrogen-bond donors (Lipinski definition) is 1. The SMILES string of the molecule is C#CCCCNc1ccc(C#N)cc1[N+](=O)[O-]. The number of benzene rings is 1. The van der Waals surface area contributed by atoms with E-state index < -0.39 is 4.92 Å². The maximum atomic E-state index is 10.8. The number of nitrogens with one attached hydrogen (secondary N) is 1. The van der Waals surface area contributed by atoms with Crippen LogP contribution in [0.25, 0.3) is 0 Å². The Morgan fingerprint density at radius 3 is 2.88 bits per heavy atom. The maximum absolute atomic E-state index is 10.8. The molecule has 0 bridgehead atoms. The van der Waals surface area contributed by atoms with Crippen molar-refractivity contribution in [3.05, 3.63) is 33.9 Å². The van der Waals surface area contributed by atoms with Crippen molar-refractivity contribution in [2.75, 3.05) is 11.9 Å². The highest BCUT2D eigenvalue weighted by Crippen LogP contribution is 2.25. The second-order valence-electron chi connectivity index (χ2n) is 3.34. The van der Waals surface area contributed by atoms with Crippen molar-refractivity contribution < 1.29 is 4.92 Å². The third-order valence-corrected chi connectivity index (χ3v) is 2.14. The van der Waals surface area contributed by atoms with Crippen LogP contribution in [0.1, 0.15) is 18.4 Å². The van der Waals surface area contributed by atoms with Gasteiger partial charge >= 0.3 is 0 Å². The van der Waals surface area contributed by atoms with Crippen LogP contribution in [-0.2, 0) is 0 Å². The van der Waals surface area contributed by atoms with E-state index >= 15 is 0 Å². The van der Waals surface area contributed by atoms with E-state index in [1.54, 1.807) is 0 Å². The van der Waals surface area contributed by atoms with Crippen molar-refractivity contribution in [3.63, 3.8) is 0 Å². The van der Waals surface area contributed by atoms with Gasteiger partial charge in [0.1, 0.15) is 5.69 Å². The summed E-state index contributed by atoms with van der Waals surface area (Å²) in [5.41, 5.74) is 0.585. The minimum atomic E-state index is -0.510. The molecule has 1 rings (SSSR count). The average molecular weight is 229 g/mol. The van der Waals surface area contributed by atoms with Gasteiger partial charge in [0.2, 0.25) is 0 Å². The predicted molar refractivity (Wildman–Crippen MR) is 64.4 cm³/mol. The fraction of sp³-hybridized carbons (Fsp3) is 0.250. The Kier molecular flexibility index (Phi) is 4.53. The highest BCUT2D eigenvalue weighted by atomic mass is 16.6. The van der Waals surface area contributed by atoms with Gasteiger partial charge in [0.25, 0.3) is 5.69 Å². The van der Waals surface area contributed by atoms with E-state index in [1.807, 2.05) is 6.07 Å². The molecule has 0 unspecified atom stereocenters. The van der Waals surface area contributed by atoms with Crippen molar-refractivity contribution in [2.45, 2.75) is 12.8 Å². The molecule has 5 nitrogen and oxygen atoms in total. The zero-order valence-corrected chi connectivity index (χ0v) is 9.14. The molecule has 1 N–H and O–H groups in total. The third kappa shape index (κ3) is 3.51. The van der Waals surface area contributed by atoms with Crippen molar-refractivity contribution in [1.29, 1.82) is 5.26 Å². The number of nitro groups is 1. The van der Waals surface area contributed by atoms with Gasteiger partial charge in [-0.2, -0.15) is 5.26 Å². The predicted octanol–water partition coefficient (Wildman–Crippen LogP) is 2.29. The zero-order valence-electron chi connectivity index (χ0n) is 9.14. The van der Waals surface area contributed by atoms with Gasteiger partial charge in [0, 0.05) is 19.0 Å². The molecule has 0 aliphatic heterocycles. The molecular formula is C12H11N3O2. The Labute approximate surface area is 99.2 Å². The third-order valence-electron chi connectivity index (χ3n) is 2.14. The van der Waals surface area contributed by atoms with E-state index in [0.29, 0.717) is 18.7 Å². The summed E-state index contributed by atoms with van der Waals surface area (Å²) in [5.74, 6) is 2.49. The molecular weight excluding hydrogens is 218 g/mol. The number of unbranched alkanes of at least 4 members (excludes halogenated alkanes) is 1. The first-order valence-corrected chi connectivity index (χ1v) is 5.05. The van der Waals surface area contributed by atoms with Crippen LogP contribution in [0, 0.1) is 33.8 Å². The normalized spacial score (nSPS) is 9.06. The Bertz CT molecular complexity index is 497. The van der Waals surface area contributed by atoms with E-state index in [9.17, 15) is 10.1 Å². The molecule has 0 atom stereocenters. The maximum Gasteiger partial charge on any atom is 0.293 e. The molecule has 0 fully saturated rings. The summed E-state index contributed by atoms with van der Waals surface area (Å²) >= 11 is 0. The largest absolute Gasteiger partial charge is 0.379 e. The van der Waals surface area contributed by atoms with Crippen LogP contribution in [0.3, 0.4) is 0 Å². The number of nitro benzene ring substituents is 1. The molecule has 0 aromatic heterocycles. The lowest BCUT2D eigenvalue weighted by Crippen LogP contribution is -2.04. The Hall–Kier alpha value is -2.53. The van der Waals surface area contributed by atoms with Crippen molar-refractivity contribution in [3.8, 4) is 18.4 Å². The van der Waals surface area contributed by atoms with E-state index in [2.05, 4.69) is 11.2 Å².